The van der Waals surface area contributed by atoms with Gasteiger partial charge in [0.2, 0.25) is 5.89 Å². The minimum absolute atomic E-state index is 0.514. The van der Waals surface area contributed by atoms with Gasteiger partial charge < -0.3 is 9.73 Å². The van der Waals surface area contributed by atoms with Crippen molar-refractivity contribution in [1.29, 1.82) is 0 Å². The lowest BCUT2D eigenvalue weighted by Crippen LogP contribution is -2.12. The van der Waals surface area contributed by atoms with Gasteiger partial charge in [0.25, 0.3) is 0 Å². The Kier molecular flexibility index (Phi) is 4.16. The molecule has 0 atom stereocenters. The largest absolute Gasteiger partial charge is 0.406 e. The Morgan fingerprint density at radius 2 is 2.05 bits per heavy atom. The van der Waals surface area contributed by atoms with E-state index in [1.54, 1.807) is 0 Å². The van der Waals surface area contributed by atoms with E-state index < -0.39 is 0 Å². The number of rotatable bonds is 5. The molecule has 0 saturated carbocycles. The first-order valence-corrected chi connectivity index (χ1v) is 6.46. The van der Waals surface area contributed by atoms with E-state index in [9.17, 15) is 0 Å². The summed E-state index contributed by atoms with van der Waals surface area (Å²) in [6, 6.07) is 6.80. The average Bonchev–Trinajstić information content (AvgIpc) is 2.84. The zero-order valence-electron chi connectivity index (χ0n) is 11.9. The van der Waals surface area contributed by atoms with Gasteiger partial charge in [0.15, 0.2) is 0 Å². The summed E-state index contributed by atoms with van der Waals surface area (Å²) in [6.45, 7) is 7.68. The quantitative estimate of drug-likeness (QED) is 0.895. The van der Waals surface area contributed by atoms with Crippen molar-refractivity contribution in [3.05, 3.63) is 35.2 Å². The molecule has 0 aliphatic rings. The number of anilines is 2. The zero-order chi connectivity index (χ0) is 13.8. The molecule has 0 radical (unpaired) electrons. The fraction of sp³-hybridized carbons (Fsp3) is 0.429. The molecule has 2 aromatic rings. The van der Waals surface area contributed by atoms with Crippen LogP contribution in [0.1, 0.15) is 23.9 Å². The lowest BCUT2D eigenvalue weighted by molar-refractivity contribution is 0.476. The number of nitrogens with one attached hydrogen (secondary N) is 1. The fourth-order valence-corrected chi connectivity index (χ4v) is 1.97. The third-order valence-corrected chi connectivity index (χ3v) is 2.98. The van der Waals surface area contributed by atoms with Crippen molar-refractivity contribution < 1.29 is 4.42 Å². The SMILES string of the molecule is CCNCc1nnc(N(C)c2ccc(C)cc2C)o1. The van der Waals surface area contributed by atoms with Crippen molar-refractivity contribution in [3.8, 4) is 0 Å². The maximum atomic E-state index is 5.63. The third-order valence-electron chi connectivity index (χ3n) is 2.98. The van der Waals surface area contributed by atoms with Gasteiger partial charge >= 0.3 is 6.01 Å². The molecule has 1 N–H and O–H groups in total. The molecule has 1 aromatic heterocycles. The van der Waals surface area contributed by atoms with E-state index in [0.29, 0.717) is 18.5 Å². The molecule has 2 rings (SSSR count). The molecule has 1 aromatic carbocycles. The lowest BCUT2D eigenvalue weighted by Gasteiger charge is -2.17. The highest BCUT2D eigenvalue weighted by Gasteiger charge is 2.13. The van der Waals surface area contributed by atoms with E-state index in [1.165, 1.54) is 11.1 Å². The lowest BCUT2D eigenvalue weighted by atomic mass is 10.1. The van der Waals surface area contributed by atoms with Crippen LogP contribution in [-0.2, 0) is 6.54 Å². The first-order valence-electron chi connectivity index (χ1n) is 6.46. The summed E-state index contributed by atoms with van der Waals surface area (Å²) in [7, 11) is 1.93. The summed E-state index contributed by atoms with van der Waals surface area (Å²) in [5.41, 5.74) is 3.51. The highest BCUT2D eigenvalue weighted by Crippen LogP contribution is 2.26. The summed E-state index contributed by atoms with van der Waals surface area (Å²) in [6.07, 6.45) is 0. The smallest absolute Gasteiger partial charge is 0.322 e. The highest BCUT2D eigenvalue weighted by molar-refractivity contribution is 5.60. The van der Waals surface area contributed by atoms with Gasteiger partial charge in [-0.2, -0.15) is 0 Å². The minimum atomic E-state index is 0.514. The summed E-state index contributed by atoms with van der Waals surface area (Å²) < 4.78 is 5.63. The van der Waals surface area contributed by atoms with Crippen LogP contribution in [0.2, 0.25) is 0 Å². The van der Waals surface area contributed by atoms with E-state index in [4.69, 9.17) is 4.42 Å². The van der Waals surface area contributed by atoms with Crippen molar-refractivity contribution in [1.82, 2.24) is 15.5 Å². The van der Waals surface area contributed by atoms with Gasteiger partial charge in [-0.25, -0.2) is 0 Å². The molecule has 0 unspecified atom stereocenters. The van der Waals surface area contributed by atoms with Gasteiger partial charge in [0.1, 0.15) is 0 Å². The van der Waals surface area contributed by atoms with Crippen molar-refractivity contribution >= 4 is 11.7 Å². The summed E-state index contributed by atoms with van der Waals surface area (Å²) in [5, 5.41) is 11.3. The van der Waals surface area contributed by atoms with Gasteiger partial charge in [-0.15, -0.1) is 5.10 Å². The second-order valence-electron chi connectivity index (χ2n) is 4.61. The number of aryl methyl sites for hydroxylation is 2. The van der Waals surface area contributed by atoms with Gasteiger partial charge in [0.05, 0.1) is 6.54 Å². The van der Waals surface area contributed by atoms with E-state index >= 15 is 0 Å². The Hall–Kier alpha value is -1.88. The maximum Gasteiger partial charge on any atom is 0.322 e. The van der Waals surface area contributed by atoms with E-state index in [1.807, 2.05) is 18.9 Å². The predicted molar refractivity (Wildman–Crippen MR) is 75.7 cm³/mol. The van der Waals surface area contributed by atoms with Crippen molar-refractivity contribution in [2.45, 2.75) is 27.3 Å². The minimum Gasteiger partial charge on any atom is -0.406 e. The molecule has 19 heavy (non-hydrogen) atoms. The molecule has 1 heterocycles. The molecular weight excluding hydrogens is 240 g/mol. The molecule has 0 aliphatic carbocycles. The molecule has 5 heteroatoms. The fourth-order valence-electron chi connectivity index (χ4n) is 1.97. The number of benzene rings is 1. The van der Waals surface area contributed by atoms with Crippen molar-refractivity contribution in [2.24, 2.45) is 0 Å². The first kappa shape index (κ1) is 13.5. The highest BCUT2D eigenvalue weighted by atomic mass is 16.4. The molecule has 0 bridgehead atoms. The van der Waals surface area contributed by atoms with Crippen LogP contribution in [0, 0.1) is 13.8 Å². The monoisotopic (exact) mass is 260 g/mol. The molecule has 102 valence electrons. The molecule has 0 amide bonds. The third kappa shape index (κ3) is 3.12. The molecular formula is C14H20N4O. The Morgan fingerprint density at radius 3 is 2.74 bits per heavy atom. The number of nitrogens with zero attached hydrogens (tertiary/aromatic N) is 3. The first-order chi connectivity index (χ1) is 9.11. The molecule has 5 nitrogen and oxygen atoms in total. The number of hydrogen-bond donors (Lipinski definition) is 1. The second kappa shape index (κ2) is 5.84. The average molecular weight is 260 g/mol. The van der Waals surface area contributed by atoms with Crippen LogP contribution in [0.25, 0.3) is 0 Å². The van der Waals surface area contributed by atoms with Crippen LogP contribution in [0.5, 0.6) is 0 Å². The Bertz CT molecular complexity index is 550. The zero-order valence-corrected chi connectivity index (χ0v) is 11.9. The van der Waals surface area contributed by atoms with Crippen molar-refractivity contribution in [3.63, 3.8) is 0 Å². The normalized spacial score (nSPS) is 10.7. The summed E-state index contributed by atoms with van der Waals surface area (Å²) in [4.78, 5) is 1.91. The standard InChI is InChI=1S/C14H20N4O/c1-5-15-9-13-16-17-14(19-13)18(4)12-7-6-10(2)8-11(12)3/h6-8,15H,5,9H2,1-4H3. The second-order valence-corrected chi connectivity index (χ2v) is 4.61. The van der Waals surface area contributed by atoms with Gasteiger partial charge in [-0.1, -0.05) is 29.7 Å². The summed E-state index contributed by atoms with van der Waals surface area (Å²) in [5.74, 6) is 0.605. The van der Waals surface area contributed by atoms with Gasteiger partial charge in [-0.05, 0) is 32.0 Å². The van der Waals surface area contributed by atoms with Crippen LogP contribution in [0.4, 0.5) is 11.7 Å². The van der Waals surface area contributed by atoms with E-state index in [0.717, 1.165) is 12.2 Å². The van der Waals surface area contributed by atoms with Crippen molar-refractivity contribution in [2.75, 3.05) is 18.5 Å². The summed E-state index contributed by atoms with van der Waals surface area (Å²) >= 11 is 0. The van der Waals surface area contributed by atoms with Crippen LogP contribution in [-0.4, -0.2) is 23.8 Å². The molecule has 0 spiro atoms. The Morgan fingerprint density at radius 1 is 1.26 bits per heavy atom. The van der Waals surface area contributed by atoms with Gasteiger partial charge in [-0.3, -0.25) is 4.90 Å². The van der Waals surface area contributed by atoms with Crippen LogP contribution in [0.3, 0.4) is 0 Å². The molecule has 0 saturated heterocycles. The predicted octanol–water partition coefficient (Wildman–Crippen LogP) is 2.56. The van der Waals surface area contributed by atoms with E-state index in [2.05, 4.69) is 47.6 Å². The Labute approximate surface area is 113 Å². The van der Waals surface area contributed by atoms with Crippen LogP contribution < -0.4 is 10.2 Å². The topological polar surface area (TPSA) is 54.2 Å². The molecule has 0 fully saturated rings. The van der Waals surface area contributed by atoms with Crippen LogP contribution >= 0.6 is 0 Å². The van der Waals surface area contributed by atoms with Gasteiger partial charge in [0, 0.05) is 12.7 Å². The molecule has 0 aliphatic heterocycles. The van der Waals surface area contributed by atoms with Crippen LogP contribution in [0.15, 0.2) is 22.6 Å². The Balaban J connectivity index is 2.18. The number of hydrogen-bond acceptors (Lipinski definition) is 5. The maximum absolute atomic E-state index is 5.63. The number of aromatic nitrogens is 2. The van der Waals surface area contributed by atoms with E-state index in [-0.39, 0.29) is 0 Å².